The summed E-state index contributed by atoms with van der Waals surface area (Å²) in [5, 5.41) is 2.80. The monoisotopic (exact) mass is 332 g/mol. The van der Waals surface area contributed by atoms with Crippen molar-refractivity contribution < 1.29 is 13.9 Å². The van der Waals surface area contributed by atoms with Gasteiger partial charge in [-0.3, -0.25) is 0 Å². The quantitative estimate of drug-likeness (QED) is 0.919. The fourth-order valence-corrected chi connectivity index (χ4v) is 3.71. The Kier molecular flexibility index (Phi) is 4.71. The van der Waals surface area contributed by atoms with Gasteiger partial charge in [0.05, 0.1) is 7.11 Å². The van der Waals surface area contributed by atoms with Crippen LogP contribution in [-0.2, 0) is 0 Å². The van der Waals surface area contributed by atoms with Gasteiger partial charge in [-0.15, -0.1) is 11.8 Å². The summed E-state index contributed by atoms with van der Waals surface area (Å²) in [7, 11) is 1.60. The van der Waals surface area contributed by atoms with Gasteiger partial charge in [-0.05, 0) is 42.0 Å². The Morgan fingerprint density at radius 2 is 1.91 bits per heavy atom. The van der Waals surface area contributed by atoms with E-state index in [0.29, 0.717) is 12.2 Å². The number of halogens is 1. The van der Waals surface area contributed by atoms with E-state index in [9.17, 15) is 9.18 Å². The number of amides is 2. The van der Waals surface area contributed by atoms with Crippen LogP contribution in [0.4, 0.5) is 14.9 Å². The summed E-state index contributed by atoms with van der Waals surface area (Å²) in [6, 6.07) is 13.3. The highest BCUT2D eigenvalue weighted by atomic mass is 32.2. The van der Waals surface area contributed by atoms with Crippen molar-refractivity contribution in [3.05, 3.63) is 59.9 Å². The van der Waals surface area contributed by atoms with Gasteiger partial charge in [-0.2, -0.15) is 0 Å². The van der Waals surface area contributed by atoms with Gasteiger partial charge in [0.15, 0.2) is 0 Å². The van der Waals surface area contributed by atoms with E-state index >= 15 is 0 Å². The van der Waals surface area contributed by atoms with Gasteiger partial charge in [0.1, 0.15) is 16.9 Å². The zero-order valence-corrected chi connectivity index (χ0v) is 13.5. The first-order valence-electron chi connectivity index (χ1n) is 7.26. The maximum absolute atomic E-state index is 13.1. The van der Waals surface area contributed by atoms with Gasteiger partial charge in [0, 0.05) is 18.0 Å². The second-order valence-electron chi connectivity index (χ2n) is 5.13. The molecule has 23 heavy (non-hydrogen) atoms. The molecule has 1 saturated heterocycles. The van der Waals surface area contributed by atoms with Gasteiger partial charge in [0.25, 0.3) is 0 Å². The molecule has 0 bridgehead atoms. The molecule has 2 aromatic carbocycles. The van der Waals surface area contributed by atoms with E-state index in [1.807, 2.05) is 0 Å². The van der Waals surface area contributed by atoms with E-state index < -0.39 is 0 Å². The zero-order chi connectivity index (χ0) is 16.2. The number of nitrogens with zero attached hydrogens (tertiary/aromatic N) is 1. The highest BCUT2D eigenvalue weighted by molar-refractivity contribution is 7.99. The largest absolute Gasteiger partial charge is 0.497 e. The number of thioether (sulfide) groups is 1. The van der Waals surface area contributed by atoms with E-state index in [-0.39, 0.29) is 17.2 Å². The average Bonchev–Trinajstić information content (AvgIpc) is 3.06. The Labute approximate surface area is 138 Å². The lowest BCUT2D eigenvalue weighted by Gasteiger charge is -2.24. The number of rotatable bonds is 3. The van der Waals surface area contributed by atoms with Gasteiger partial charge in [-0.25, -0.2) is 9.18 Å². The normalized spacial score (nSPS) is 17.1. The van der Waals surface area contributed by atoms with Gasteiger partial charge < -0.3 is 15.0 Å². The van der Waals surface area contributed by atoms with Crippen LogP contribution in [0.2, 0.25) is 0 Å². The molecule has 1 fully saturated rings. The number of benzene rings is 2. The van der Waals surface area contributed by atoms with Crippen LogP contribution in [0.3, 0.4) is 0 Å². The summed E-state index contributed by atoms with van der Waals surface area (Å²) in [6.45, 7) is 0.661. The summed E-state index contributed by atoms with van der Waals surface area (Å²) in [4.78, 5) is 14.3. The van der Waals surface area contributed by atoms with E-state index in [1.165, 1.54) is 12.1 Å². The molecule has 3 rings (SSSR count). The molecule has 1 heterocycles. The molecule has 2 aromatic rings. The summed E-state index contributed by atoms with van der Waals surface area (Å²) in [5.74, 6) is 1.33. The van der Waals surface area contributed by atoms with Crippen molar-refractivity contribution in [1.82, 2.24) is 4.90 Å². The third-order valence-electron chi connectivity index (χ3n) is 3.65. The second kappa shape index (κ2) is 6.91. The smallest absolute Gasteiger partial charge is 0.323 e. The Morgan fingerprint density at radius 3 is 2.57 bits per heavy atom. The van der Waals surface area contributed by atoms with Crippen molar-refractivity contribution in [1.29, 1.82) is 0 Å². The molecule has 1 unspecified atom stereocenters. The van der Waals surface area contributed by atoms with Crippen LogP contribution in [0.1, 0.15) is 10.9 Å². The Balaban J connectivity index is 1.71. The predicted octanol–water partition coefficient (Wildman–Crippen LogP) is 4.11. The number of hydrogen-bond acceptors (Lipinski definition) is 3. The Hall–Kier alpha value is -2.21. The average molecular weight is 332 g/mol. The van der Waals surface area contributed by atoms with Crippen LogP contribution in [0.15, 0.2) is 48.5 Å². The van der Waals surface area contributed by atoms with Crippen molar-refractivity contribution >= 4 is 23.5 Å². The number of carbonyl (C=O) groups excluding carboxylic acids is 1. The summed E-state index contributed by atoms with van der Waals surface area (Å²) >= 11 is 1.68. The summed E-state index contributed by atoms with van der Waals surface area (Å²) in [6.07, 6.45) is 0. The molecular weight excluding hydrogens is 315 g/mol. The number of anilines is 1. The summed E-state index contributed by atoms with van der Waals surface area (Å²) < 4.78 is 18.2. The minimum Gasteiger partial charge on any atom is -0.497 e. The molecule has 0 saturated carbocycles. The zero-order valence-electron chi connectivity index (χ0n) is 12.7. The maximum atomic E-state index is 13.1. The number of carbonyl (C=O) groups is 1. The number of urea groups is 1. The van der Waals surface area contributed by atoms with Crippen LogP contribution < -0.4 is 10.1 Å². The van der Waals surface area contributed by atoms with Gasteiger partial charge >= 0.3 is 6.03 Å². The van der Waals surface area contributed by atoms with Crippen LogP contribution >= 0.6 is 11.8 Å². The number of ether oxygens (including phenoxy) is 1. The molecule has 4 nitrogen and oxygen atoms in total. The highest BCUT2D eigenvalue weighted by Crippen LogP contribution is 2.38. The molecule has 0 aliphatic carbocycles. The molecule has 1 atom stereocenters. The second-order valence-corrected chi connectivity index (χ2v) is 6.31. The third kappa shape index (κ3) is 3.59. The topological polar surface area (TPSA) is 41.6 Å². The third-order valence-corrected chi connectivity index (χ3v) is 4.91. The molecule has 120 valence electrons. The number of hydrogen-bond donors (Lipinski definition) is 1. The van der Waals surface area contributed by atoms with Crippen LogP contribution in [0, 0.1) is 5.82 Å². The first kappa shape index (κ1) is 15.7. The molecule has 0 aromatic heterocycles. The van der Waals surface area contributed by atoms with Crippen LogP contribution in [0.5, 0.6) is 5.75 Å². The van der Waals surface area contributed by atoms with Crippen molar-refractivity contribution in [2.75, 3.05) is 24.7 Å². The Bertz CT molecular complexity index is 676. The maximum Gasteiger partial charge on any atom is 0.323 e. The number of methoxy groups -OCH3 is 1. The summed E-state index contributed by atoms with van der Waals surface area (Å²) in [5.41, 5.74) is 1.64. The van der Waals surface area contributed by atoms with Crippen molar-refractivity contribution in [3.63, 3.8) is 0 Å². The Morgan fingerprint density at radius 1 is 1.22 bits per heavy atom. The lowest BCUT2D eigenvalue weighted by molar-refractivity contribution is 0.214. The van der Waals surface area contributed by atoms with Crippen LogP contribution in [-0.4, -0.2) is 30.3 Å². The minimum atomic E-state index is -0.272. The first-order valence-corrected chi connectivity index (χ1v) is 8.31. The van der Waals surface area contributed by atoms with E-state index in [1.54, 1.807) is 60.2 Å². The molecule has 1 aliphatic rings. The fraction of sp³-hybridized carbons (Fsp3) is 0.235. The van der Waals surface area contributed by atoms with Crippen LogP contribution in [0.25, 0.3) is 0 Å². The lowest BCUT2D eigenvalue weighted by Crippen LogP contribution is -2.34. The lowest BCUT2D eigenvalue weighted by atomic mass is 10.2. The molecule has 0 radical (unpaired) electrons. The fourth-order valence-electron chi connectivity index (χ4n) is 2.45. The highest BCUT2D eigenvalue weighted by Gasteiger charge is 2.30. The predicted molar refractivity (Wildman–Crippen MR) is 90.3 cm³/mol. The molecule has 0 spiro atoms. The molecule has 1 aliphatic heterocycles. The minimum absolute atomic E-state index is 0.0890. The standard InChI is InChI=1S/C17H17FN2O2S/c1-22-15-8-6-14(7-9-15)19-17(21)20-10-11-23-16(20)12-2-4-13(18)5-3-12/h2-9,16H,10-11H2,1H3,(H,19,21). The van der Waals surface area contributed by atoms with E-state index in [0.717, 1.165) is 17.1 Å². The first-order chi connectivity index (χ1) is 11.2. The molecule has 6 heteroatoms. The van der Waals surface area contributed by atoms with E-state index in [2.05, 4.69) is 5.32 Å². The van der Waals surface area contributed by atoms with Crippen molar-refractivity contribution in [2.24, 2.45) is 0 Å². The van der Waals surface area contributed by atoms with Crippen molar-refractivity contribution in [2.45, 2.75) is 5.37 Å². The molecular formula is C17H17FN2O2S. The van der Waals surface area contributed by atoms with Crippen molar-refractivity contribution in [3.8, 4) is 5.75 Å². The van der Waals surface area contributed by atoms with Gasteiger partial charge in [-0.1, -0.05) is 12.1 Å². The van der Waals surface area contributed by atoms with E-state index in [4.69, 9.17) is 4.74 Å². The molecule has 2 amide bonds. The molecule has 1 N–H and O–H groups in total. The van der Waals surface area contributed by atoms with Gasteiger partial charge in [0.2, 0.25) is 0 Å². The number of nitrogens with one attached hydrogen (secondary N) is 1. The SMILES string of the molecule is COc1ccc(NC(=O)N2CCSC2c2ccc(F)cc2)cc1.